The summed E-state index contributed by atoms with van der Waals surface area (Å²) in [5.74, 6) is -0.246. The van der Waals surface area contributed by atoms with Crippen molar-refractivity contribution in [2.24, 2.45) is 0 Å². The third-order valence-corrected chi connectivity index (χ3v) is 5.36. The van der Waals surface area contributed by atoms with Crippen LogP contribution in [0, 0.1) is 6.92 Å². The summed E-state index contributed by atoms with van der Waals surface area (Å²) in [6, 6.07) is 9.58. The number of piperidine rings is 1. The van der Waals surface area contributed by atoms with Crippen molar-refractivity contribution in [2.45, 2.75) is 26.2 Å². The van der Waals surface area contributed by atoms with Crippen LogP contribution in [0.15, 0.2) is 36.5 Å². The fourth-order valence-corrected chi connectivity index (χ4v) is 4.07. The molecule has 1 aromatic carbocycles. The number of nitrogens with one attached hydrogen (secondary N) is 1. The SMILES string of the molecule is Cc1nc2c(Cl)cc(Cl)cn2c1C(=O)Nc1ccc(N2CCCCC2)cc1. The number of halogens is 2. The summed E-state index contributed by atoms with van der Waals surface area (Å²) in [4.78, 5) is 19.6. The number of anilines is 2. The highest BCUT2D eigenvalue weighted by Crippen LogP contribution is 2.26. The topological polar surface area (TPSA) is 49.6 Å². The number of hydrogen-bond donors (Lipinski definition) is 1. The Morgan fingerprint density at radius 1 is 1.11 bits per heavy atom. The largest absolute Gasteiger partial charge is 0.372 e. The van der Waals surface area contributed by atoms with Crippen molar-refractivity contribution in [3.63, 3.8) is 0 Å². The predicted molar refractivity (Wildman–Crippen MR) is 110 cm³/mol. The number of carbonyl (C=O) groups is 1. The summed E-state index contributed by atoms with van der Waals surface area (Å²) in [7, 11) is 0. The van der Waals surface area contributed by atoms with Gasteiger partial charge in [0.2, 0.25) is 0 Å². The third kappa shape index (κ3) is 3.62. The average Bonchev–Trinajstić information content (AvgIpc) is 2.99. The molecular formula is C20H20Cl2N4O. The Kier molecular flexibility index (Phi) is 4.98. The van der Waals surface area contributed by atoms with Crippen molar-refractivity contribution in [3.05, 3.63) is 58.0 Å². The van der Waals surface area contributed by atoms with Gasteiger partial charge in [0.1, 0.15) is 5.69 Å². The maximum absolute atomic E-state index is 12.9. The zero-order valence-corrected chi connectivity index (χ0v) is 16.5. The van der Waals surface area contributed by atoms with Crippen molar-refractivity contribution in [2.75, 3.05) is 23.3 Å². The lowest BCUT2D eigenvalue weighted by atomic mass is 10.1. The lowest BCUT2D eigenvalue weighted by Crippen LogP contribution is -2.29. The molecule has 0 saturated carbocycles. The van der Waals surface area contributed by atoms with Gasteiger partial charge in [-0.1, -0.05) is 23.2 Å². The molecule has 0 unspecified atom stereocenters. The molecule has 1 amide bonds. The Balaban J connectivity index is 1.57. The van der Waals surface area contributed by atoms with E-state index in [4.69, 9.17) is 23.2 Å². The van der Waals surface area contributed by atoms with Gasteiger partial charge in [-0.3, -0.25) is 9.20 Å². The van der Waals surface area contributed by atoms with Gasteiger partial charge >= 0.3 is 0 Å². The summed E-state index contributed by atoms with van der Waals surface area (Å²) in [5.41, 5.74) is 3.47. The second-order valence-corrected chi connectivity index (χ2v) is 7.64. The van der Waals surface area contributed by atoms with Crippen LogP contribution in [0.5, 0.6) is 0 Å². The van der Waals surface area contributed by atoms with Gasteiger partial charge < -0.3 is 10.2 Å². The Labute approximate surface area is 167 Å². The molecule has 0 bridgehead atoms. The molecule has 140 valence electrons. The molecule has 0 atom stereocenters. The first-order chi connectivity index (χ1) is 13.0. The minimum Gasteiger partial charge on any atom is -0.372 e. The van der Waals surface area contributed by atoms with E-state index in [1.807, 2.05) is 12.1 Å². The molecule has 2 aromatic heterocycles. The molecular weight excluding hydrogens is 383 g/mol. The zero-order chi connectivity index (χ0) is 19.0. The predicted octanol–water partition coefficient (Wildman–Crippen LogP) is 5.19. The first kappa shape index (κ1) is 18.1. The molecule has 3 heterocycles. The molecule has 1 N–H and O–H groups in total. The highest BCUT2D eigenvalue weighted by molar-refractivity contribution is 6.36. The fraction of sp³-hybridized carbons (Fsp3) is 0.300. The molecule has 7 heteroatoms. The zero-order valence-electron chi connectivity index (χ0n) is 15.0. The van der Waals surface area contributed by atoms with Crippen molar-refractivity contribution in [3.8, 4) is 0 Å². The lowest BCUT2D eigenvalue weighted by molar-refractivity contribution is 0.102. The van der Waals surface area contributed by atoms with E-state index in [-0.39, 0.29) is 5.91 Å². The van der Waals surface area contributed by atoms with Crippen molar-refractivity contribution < 1.29 is 4.79 Å². The maximum Gasteiger partial charge on any atom is 0.274 e. The van der Waals surface area contributed by atoms with Gasteiger partial charge in [0, 0.05) is 30.7 Å². The van der Waals surface area contributed by atoms with Gasteiger partial charge in [-0.25, -0.2) is 4.98 Å². The minimum absolute atomic E-state index is 0.246. The summed E-state index contributed by atoms with van der Waals surface area (Å²) >= 11 is 12.3. The van der Waals surface area contributed by atoms with E-state index in [1.165, 1.54) is 24.9 Å². The molecule has 4 rings (SSSR count). The fourth-order valence-electron chi connectivity index (χ4n) is 3.56. The molecule has 1 aliphatic rings. The second-order valence-electron chi connectivity index (χ2n) is 6.79. The Hall–Kier alpha value is -2.24. The summed E-state index contributed by atoms with van der Waals surface area (Å²) < 4.78 is 1.64. The monoisotopic (exact) mass is 402 g/mol. The van der Waals surface area contributed by atoms with Gasteiger partial charge in [0.15, 0.2) is 5.65 Å². The lowest BCUT2D eigenvalue weighted by Gasteiger charge is -2.28. The highest BCUT2D eigenvalue weighted by atomic mass is 35.5. The first-order valence-electron chi connectivity index (χ1n) is 9.03. The number of pyridine rings is 1. The number of amides is 1. The maximum atomic E-state index is 12.9. The normalized spacial score (nSPS) is 14.6. The quantitative estimate of drug-likeness (QED) is 0.655. The van der Waals surface area contributed by atoms with Gasteiger partial charge in [-0.2, -0.15) is 0 Å². The molecule has 0 aliphatic carbocycles. The van der Waals surface area contributed by atoms with Crippen LogP contribution in [0.3, 0.4) is 0 Å². The molecule has 0 radical (unpaired) electrons. The van der Waals surface area contributed by atoms with E-state index >= 15 is 0 Å². The van der Waals surface area contributed by atoms with E-state index < -0.39 is 0 Å². The van der Waals surface area contributed by atoms with Crippen LogP contribution >= 0.6 is 23.2 Å². The van der Waals surface area contributed by atoms with Gasteiger partial charge in [-0.05, 0) is 56.5 Å². The number of imidazole rings is 1. The van der Waals surface area contributed by atoms with Crippen molar-refractivity contribution in [1.29, 1.82) is 0 Å². The number of rotatable bonds is 3. The summed E-state index contributed by atoms with van der Waals surface area (Å²) in [6.07, 6.45) is 5.42. The third-order valence-electron chi connectivity index (χ3n) is 4.88. The summed E-state index contributed by atoms with van der Waals surface area (Å²) in [5, 5.41) is 3.80. The Bertz CT molecular complexity index is 991. The first-order valence-corrected chi connectivity index (χ1v) is 9.78. The number of aryl methyl sites for hydroxylation is 1. The van der Waals surface area contributed by atoms with Crippen molar-refractivity contribution in [1.82, 2.24) is 9.38 Å². The number of fused-ring (bicyclic) bond motifs is 1. The molecule has 1 aliphatic heterocycles. The smallest absolute Gasteiger partial charge is 0.274 e. The molecule has 0 spiro atoms. The van der Waals surface area contributed by atoms with Gasteiger partial charge in [0.25, 0.3) is 5.91 Å². The highest BCUT2D eigenvalue weighted by Gasteiger charge is 2.19. The number of benzene rings is 1. The van der Waals surface area contributed by atoms with Crippen LogP contribution in [0.2, 0.25) is 10.0 Å². The molecule has 3 aromatic rings. The molecule has 5 nitrogen and oxygen atoms in total. The molecule has 27 heavy (non-hydrogen) atoms. The van der Waals surface area contributed by atoms with E-state index in [0.717, 1.165) is 18.8 Å². The van der Waals surface area contributed by atoms with Crippen LogP contribution in [-0.2, 0) is 0 Å². The van der Waals surface area contributed by atoms with Crippen LogP contribution in [-0.4, -0.2) is 28.4 Å². The Morgan fingerprint density at radius 2 is 1.81 bits per heavy atom. The number of nitrogens with zero attached hydrogens (tertiary/aromatic N) is 3. The van der Waals surface area contributed by atoms with Crippen LogP contribution < -0.4 is 10.2 Å². The number of aromatic nitrogens is 2. The minimum atomic E-state index is -0.246. The number of carbonyl (C=O) groups excluding carboxylic acids is 1. The van der Waals surface area contributed by atoms with Crippen LogP contribution in [0.1, 0.15) is 35.4 Å². The molecule has 1 saturated heterocycles. The van der Waals surface area contributed by atoms with Gasteiger partial charge in [0.05, 0.1) is 15.7 Å². The second kappa shape index (κ2) is 7.41. The van der Waals surface area contributed by atoms with Crippen LogP contribution in [0.4, 0.5) is 11.4 Å². The van der Waals surface area contributed by atoms with E-state index in [1.54, 1.807) is 23.6 Å². The number of hydrogen-bond acceptors (Lipinski definition) is 3. The average molecular weight is 403 g/mol. The summed E-state index contributed by atoms with van der Waals surface area (Å²) in [6.45, 7) is 3.97. The van der Waals surface area contributed by atoms with Crippen molar-refractivity contribution >= 4 is 46.1 Å². The van der Waals surface area contributed by atoms with Crippen LogP contribution in [0.25, 0.3) is 5.65 Å². The Morgan fingerprint density at radius 3 is 2.52 bits per heavy atom. The molecule has 1 fully saturated rings. The van der Waals surface area contributed by atoms with E-state index in [0.29, 0.717) is 27.1 Å². The standard InChI is InChI=1S/C20H20Cl2N4O/c1-13-18(26-12-14(21)11-17(22)19(26)23-13)20(27)24-15-5-7-16(8-6-15)25-9-3-2-4-10-25/h5-8,11-12H,2-4,9-10H2,1H3,(H,24,27). The van der Waals surface area contributed by atoms with E-state index in [9.17, 15) is 4.79 Å². The van der Waals surface area contributed by atoms with Gasteiger partial charge in [-0.15, -0.1) is 0 Å². The van der Waals surface area contributed by atoms with E-state index in [2.05, 4.69) is 27.3 Å².